The second kappa shape index (κ2) is 8.78. The zero-order valence-corrected chi connectivity index (χ0v) is 19.4. The fourth-order valence-electron chi connectivity index (χ4n) is 3.54. The molecule has 1 fully saturated rings. The van der Waals surface area contributed by atoms with Gasteiger partial charge in [-0.05, 0) is 22.9 Å². The first-order valence-electron chi connectivity index (χ1n) is 9.74. The van der Waals surface area contributed by atoms with Gasteiger partial charge in [0.15, 0.2) is 16.7 Å². The standard InChI is InChI=1S/C16H17N13O3S2/c1-6-20-27-28(23-6)3-7-4-33-15-10(14(31)29(15)11(7)12-21-25-26-22-12)19-13(30)9(24-32-2)8-5-34-16(17)18-8/h5,10,15H,3-4H2,1-2H3,(H2,17,18)(H,19,30)(H,21,22,25,26)/b24-9+/t10-,15-/m1/s1. The number of H-pyrrole nitrogens is 1. The minimum atomic E-state index is -0.800. The largest absolute Gasteiger partial charge is 0.398 e. The van der Waals surface area contributed by atoms with Crippen LogP contribution in [0.15, 0.2) is 16.1 Å². The van der Waals surface area contributed by atoms with Crippen LogP contribution in [0.3, 0.4) is 0 Å². The lowest BCUT2D eigenvalue weighted by Gasteiger charge is -2.49. The number of nitrogen functional groups attached to an aromatic ring is 1. The van der Waals surface area contributed by atoms with E-state index in [1.807, 2.05) is 0 Å². The molecule has 2 aliphatic heterocycles. The van der Waals surface area contributed by atoms with Crippen LogP contribution in [0.1, 0.15) is 17.3 Å². The zero-order valence-electron chi connectivity index (χ0n) is 17.7. The van der Waals surface area contributed by atoms with Crippen molar-refractivity contribution in [2.75, 3.05) is 18.6 Å². The molecule has 0 bridgehead atoms. The Bertz CT molecular complexity index is 1300. The smallest absolute Gasteiger partial charge is 0.276 e. The number of rotatable bonds is 7. The van der Waals surface area contributed by atoms with E-state index in [1.165, 1.54) is 28.6 Å². The summed E-state index contributed by atoms with van der Waals surface area (Å²) in [6.45, 7) is 2.03. The fraction of sp³-hybridized carbons (Fsp3) is 0.375. The molecule has 3 aromatic rings. The van der Waals surface area contributed by atoms with Gasteiger partial charge in [0.2, 0.25) is 5.82 Å². The van der Waals surface area contributed by atoms with Crippen LogP contribution >= 0.6 is 23.1 Å². The molecule has 16 nitrogen and oxygen atoms in total. The molecular weight excluding hydrogens is 486 g/mol. The predicted molar refractivity (Wildman–Crippen MR) is 119 cm³/mol. The lowest BCUT2D eigenvalue weighted by atomic mass is 10.0. The molecule has 3 aromatic heterocycles. The van der Waals surface area contributed by atoms with Crippen LogP contribution in [0, 0.1) is 6.92 Å². The van der Waals surface area contributed by atoms with Crippen molar-refractivity contribution in [2.45, 2.75) is 24.9 Å². The van der Waals surface area contributed by atoms with Crippen LogP contribution in [-0.4, -0.2) is 92.5 Å². The van der Waals surface area contributed by atoms with Gasteiger partial charge in [-0.25, -0.2) is 4.98 Å². The second-order valence-corrected chi connectivity index (χ2v) is 9.10. The topological polar surface area (TPSA) is 208 Å². The molecule has 0 spiro atoms. The minimum absolute atomic E-state index is 0.0789. The van der Waals surface area contributed by atoms with Crippen LogP contribution < -0.4 is 11.1 Å². The molecule has 0 aromatic carbocycles. The lowest BCUT2D eigenvalue weighted by Crippen LogP contribution is -2.70. The number of nitrogens with two attached hydrogens (primary N) is 1. The van der Waals surface area contributed by atoms with E-state index in [-0.39, 0.29) is 33.6 Å². The van der Waals surface area contributed by atoms with Crippen molar-refractivity contribution in [3.8, 4) is 0 Å². The second-order valence-electron chi connectivity index (χ2n) is 7.11. The highest BCUT2D eigenvalue weighted by Gasteiger charge is 2.54. The number of nitrogens with zero attached hydrogens (tertiary/aromatic N) is 10. The van der Waals surface area contributed by atoms with E-state index in [0.29, 0.717) is 23.8 Å². The molecule has 0 unspecified atom stereocenters. The van der Waals surface area contributed by atoms with Crippen molar-refractivity contribution in [3.63, 3.8) is 0 Å². The highest BCUT2D eigenvalue weighted by Crippen LogP contribution is 2.43. The van der Waals surface area contributed by atoms with Crippen LogP contribution in [0.25, 0.3) is 5.70 Å². The first-order chi connectivity index (χ1) is 16.5. The number of thioether (sulfide) groups is 1. The van der Waals surface area contributed by atoms with E-state index >= 15 is 0 Å². The van der Waals surface area contributed by atoms with Crippen molar-refractivity contribution < 1.29 is 14.4 Å². The number of amides is 2. The predicted octanol–water partition coefficient (Wildman–Crippen LogP) is -1.60. The van der Waals surface area contributed by atoms with Gasteiger partial charge in [0.05, 0.1) is 12.2 Å². The Kier molecular flexibility index (Phi) is 5.65. The summed E-state index contributed by atoms with van der Waals surface area (Å²) in [5, 5.41) is 34.2. The molecule has 176 valence electrons. The summed E-state index contributed by atoms with van der Waals surface area (Å²) in [7, 11) is 1.31. The van der Waals surface area contributed by atoms with Crippen LogP contribution in [0.4, 0.5) is 5.13 Å². The summed E-state index contributed by atoms with van der Waals surface area (Å²) in [6.07, 6.45) is 0. The number of carbonyl (C=O) groups excluding carboxylic acids is 2. The van der Waals surface area contributed by atoms with Gasteiger partial charge < -0.3 is 15.9 Å². The average Bonchev–Trinajstić information content (AvgIpc) is 3.58. The van der Waals surface area contributed by atoms with Crippen molar-refractivity contribution in [3.05, 3.63) is 28.3 Å². The number of anilines is 1. The fourth-order valence-corrected chi connectivity index (χ4v) is 5.42. The molecule has 0 radical (unpaired) electrons. The maximum atomic E-state index is 13.2. The number of oxime groups is 1. The van der Waals surface area contributed by atoms with Gasteiger partial charge in [-0.15, -0.1) is 43.5 Å². The molecule has 0 saturated carbocycles. The highest BCUT2D eigenvalue weighted by molar-refractivity contribution is 8.00. The number of hydrogen-bond donors (Lipinski definition) is 3. The molecule has 0 aliphatic carbocycles. The Morgan fingerprint density at radius 3 is 2.94 bits per heavy atom. The first-order valence-corrected chi connectivity index (χ1v) is 11.7. The normalized spacial score (nSPS) is 20.2. The van der Waals surface area contributed by atoms with Gasteiger partial charge in [-0.3, -0.25) is 14.5 Å². The quantitative estimate of drug-likeness (QED) is 0.189. The molecule has 1 saturated heterocycles. The number of thiazole rings is 1. The molecule has 2 atom stereocenters. The van der Waals surface area contributed by atoms with E-state index in [9.17, 15) is 9.59 Å². The third kappa shape index (κ3) is 3.85. The van der Waals surface area contributed by atoms with Gasteiger partial charge in [-0.2, -0.15) is 10.0 Å². The monoisotopic (exact) mass is 503 g/mol. The number of β-lactam (4-membered cyclic amide) rings is 1. The maximum absolute atomic E-state index is 13.2. The summed E-state index contributed by atoms with van der Waals surface area (Å²) in [6, 6.07) is -0.800. The summed E-state index contributed by atoms with van der Waals surface area (Å²) in [4.78, 5) is 37.9. The van der Waals surface area contributed by atoms with Gasteiger partial charge >= 0.3 is 0 Å². The third-order valence-corrected chi connectivity index (χ3v) is 6.95. The number of fused-ring (bicyclic) bond motifs is 1. The van der Waals surface area contributed by atoms with E-state index in [2.05, 4.69) is 51.5 Å². The van der Waals surface area contributed by atoms with E-state index in [0.717, 1.165) is 16.9 Å². The number of nitrogens with one attached hydrogen (secondary N) is 2. The van der Waals surface area contributed by atoms with E-state index < -0.39 is 11.9 Å². The van der Waals surface area contributed by atoms with E-state index in [4.69, 9.17) is 10.6 Å². The Balaban J connectivity index is 1.39. The zero-order chi connectivity index (χ0) is 23.8. The maximum Gasteiger partial charge on any atom is 0.276 e. The Hall–Kier alpha value is -3.93. The van der Waals surface area contributed by atoms with Crippen molar-refractivity contribution in [1.29, 1.82) is 0 Å². The van der Waals surface area contributed by atoms with Gasteiger partial charge in [0.1, 0.15) is 24.2 Å². The molecular formula is C16H17N13O3S2. The SMILES string of the molecule is CO/N=C(/C(=O)N[C@@H]1C(=O)N2C(c3nn[nH]n3)=C(Cn3nnc(C)n3)CS[C@H]12)c1csc(N)n1. The Morgan fingerprint density at radius 1 is 1.44 bits per heavy atom. The number of aromatic amines is 1. The van der Waals surface area contributed by atoms with Crippen molar-refractivity contribution >= 4 is 51.5 Å². The van der Waals surface area contributed by atoms with Crippen LogP contribution in [0.5, 0.6) is 0 Å². The summed E-state index contributed by atoms with van der Waals surface area (Å²) in [5.41, 5.74) is 7.16. The lowest BCUT2D eigenvalue weighted by molar-refractivity contribution is -0.142. The Morgan fingerprint density at radius 2 is 2.29 bits per heavy atom. The van der Waals surface area contributed by atoms with Crippen LogP contribution in [0.2, 0.25) is 0 Å². The van der Waals surface area contributed by atoms with Gasteiger partial charge in [-0.1, -0.05) is 5.16 Å². The number of aryl methyl sites for hydroxylation is 1. The number of tetrazole rings is 2. The summed E-state index contributed by atoms with van der Waals surface area (Å²) in [5.74, 6) is 0.368. The molecule has 5 heterocycles. The number of hydrogen-bond acceptors (Lipinski definition) is 14. The Labute approximate surface area is 199 Å². The summed E-state index contributed by atoms with van der Waals surface area (Å²) >= 11 is 2.64. The van der Waals surface area contributed by atoms with Crippen LogP contribution in [-0.2, 0) is 21.0 Å². The average molecular weight is 504 g/mol. The first kappa shape index (κ1) is 21.9. The van der Waals surface area contributed by atoms with Gasteiger partial charge in [0.25, 0.3) is 11.8 Å². The molecule has 4 N–H and O–H groups in total. The van der Waals surface area contributed by atoms with E-state index in [1.54, 1.807) is 12.3 Å². The summed E-state index contributed by atoms with van der Waals surface area (Å²) < 4.78 is 0. The molecule has 34 heavy (non-hydrogen) atoms. The third-order valence-electron chi connectivity index (χ3n) is 4.94. The molecule has 18 heteroatoms. The number of carbonyl (C=O) groups is 2. The molecule has 5 rings (SSSR count). The van der Waals surface area contributed by atoms with Crippen molar-refractivity contribution in [2.24, 2.45) is 5.16 Å². The molecule has 2 aliphatic rings. The van der Waals surface area contributed by atoms with Gasteiger partial charge in [0, 0.05) is 11.1 Å². The molecule has 2 amide bonds. The van der Waals surface area contributed by atoms with Crippen molar-refractivity contribution in [1.82, 2.24) is 56.0 Å². The number of aromatic nitrogens is 9. The highest BCUT2D eigenvalue weighted by atomic mass is 32.2. The minimum Gasteiger partial charge on any atom is -0.398 e.